The number of benzene rings is 1. The van der Waals surface area contributed by atoms with Crippen molar-refractivity contribution in [1.82, 2.24) is 0 Å². The van der Waals surface area contributed by atoms with Crippen LogP contribution in [-0.4, -0.2) is 7.11 Å². The molecule has 19 heavy (non-hydrogen) atoms. The van der Waals surface area contributed by atoms with Gasteiger partial charge < -0.3 is 4.18 Å². The molecule has 0 saturated heterocycles. The van der Waals surface area contributed by atoms with E-state index in [0.717, 1.165) is 16.0 Å². The number of rotatable bonds is 5. The van der Waals surface area contributed by atoms with Gasteiger partial charge in [-0.1, -0.05) is 47.6 Å². The molecule has 0 aliphatic rings. The second-order valence-corrected chi connectivity index (χ2v) is 6.73. The molecule has 0 bridgehead atoms. The van der Waals surface area contributed by atoms with Crippen LogP contribution in [0.3, 0.4) is 0 Å². The lowest BCUT2D eigenvalue weighted by Gasteiger charge is -2.22. The number of hydrogen-bond donors (Lipinski definition) is 0. The summed E-state index contributed by atoms with van der Waals surface area (Å²) in [5.41, 5.74) is 2.79. The van der Waals surface area contributed by atoms with Gasteiger partial charge in [0, 0.05) is 22.5 Å². The van der Waals surface area contributed by atoms with E-state index in [1.807, 2.05) is 33.8 Å². The summed E-state index contributed by atoms with van der Waals surface area (Å²) in [5, 5.41) is 0. The van der Waals surface area contributed by atoms with Gasteiger partial charge in [-0.25, -0.2) is 4.39 Å². The third kappa shape index (κ3) is 3.51. The molecule has 0 spiro atoms. The van der Waals surface area contributed by atoms with Crippen molar-refractivity contribution in [3.63, 3.8) is 0 Å². The van der Waals surface area contributed by atoms with E-state index in [9.17, 15) is 4.39 Å². The minimum Gasteiger partial charge on any atom is -0.314 e. The molecule has 0 N–H and O–H groups in total. The molecule has 0 unspecified atom stereocenters. The Morgan fingerprint density at radius 2 is 1.47 bits per heavy atom. The summed E-state index contributed by atoms with van der Waals surface area (Å²) < 4.78 is 19.9. The van der Waals surface area contributed by atoms with E-state index in [-0.39, 0.29) is 17.7 Å². The third-order valence-electron chi connectivity index (χ3n) is 3.30. The van der Waals surface area contributed by atoms with Gasteiger partial charge in [0.15, 0.2) is 0 Å². The second-order valence-electron chi connectivity index (χ2n) is 5.83. The molecule has 0 aliphatic heterocycles. The molecule has 1 rings (SSSR count). The fourth-order valence-corrected chi connectivity index (χ4v) is 3.22. The highest BCUT2D eigenvalue weighted by Crippen LogP contribution is 2.40. The Morgan fingerprint density at radius 1 is 0.947 bits per heavy atom. The molecule has 108 valence electrons. The van der Waals surface area contributed by atoms with Crippen molar-refractivity contribution in [2.75, 3.05) is 7.11 Å². The Balaban J connectivity index is 3.62. The maximum absolute atomic E-state index is 14.7. The average Bonchev–Trinajstić information content (AvgIpc) is 2.27. The van der Waals surface area contributed by atoms with Crippen LogP contribution in [0.25, 0.3) is 0 Å². The largest absolute Gasteiger partial charge is 0.314 e. The maximum atomic E-state index is 14.7. The second kappa shape index (κ2) is 6.76. The van der Waals surface area contributed by atoms with Crippen LogP contribution in [0.15, 0.2) is 11.0 Å². The first-order valence-electron chi connectivity index (χ1n) is 6.88. The summed E-state index contributed by atoms with van der Waals surface area (Å²) in [6, 6.07) is 2.01. The molecule has 0 amide bonds. The van der Waals surface area contributed by atoms with Crippen LogP contribution in [0.4, 0.5) is 4.39 Å². The molecule has 0 heterocycles. The normalized spacial score (nSPS) is 11.9. The molecule has 0 saturated carbocycles. The first kappa shape index (κ1) is 16.5. The van der Waals surface area contributed by atoms with Gasteiger partial charge in [-0.05, 0) is 28.9 Å². The Morgan fingerprint density at radius 3 is 1.84 bits per heavy atom. The summed E-state index contributed by atoms with van der Waals surface area (Å²) in [4.78, 5) is 0.953. The minimum absolute atomic E-state index is 0.0612. The molecule has 0 aliphatic carbocycles. The van der Waals surface area contributed by atoms with Gasteiger partial charge in [0.25, 0.3) is 0 Å². The van der Waals surface area contributed by atoms with Crippen molar-refractivity contribution in [3.8, 4) is 0 Å². The molecular weight excluding hydrogens is 259 g/mol. The monoisotopic (exact) mass is 284 g/mol. The van der Waals surface area contributed by atoms with Gasteiger partial charge in [0.1, 0.15) is 5.82 Å². The highest BCUT2D eigenvalue weighted by molar-refractivity contribution is 7.94. The van der Waals surface area contributed by atoms with Crippen LogP contribution in [0.1, 0.15) is 76.0 Å². The predicted molar refractivity (Wildman–Crippen MR) is 81.5 cm³/mol. The van der Waals surface area contributed by atoms with Gasteiger partial charge >= 0.3 is 0 Å². The van der Waals surface area contributed by atoms with E-state index in [0.29, 0.717) is 5.92 Å². The van der Waals surface area contributed by atoms with Gasteiger partial charge in [-0.2, -0.15) is 0 Å². The first-order chi connectivity index (χ1) is 8.81. The van der Waals surface area contributed by atoms with Crippen molar-refractivity contribution in [1.29, 1.82) is 0 Å². The molecule has 0 atom stereocenters. The van der Waals surface area contributed by atoms with Crippen molar-refractivity contribution >= 4 is 12.0 Å². The van der Waals surface area contributed by atoms with Crippen LogP contribution >= 0.6 is 12.0 Å². The zero-order valence-corrected chi connectivity index (χ0v) is 13.8. The van der Waals surface area contributed by atoms with Crippen molar-refractivity contribution in [2.24, 2.45) is 0 Å². The van der Waals surface area contributed by atoms with E-state index in [1.165, 1.54) is 17.6 Å². The average molecular weight is 284 g/mol. The molecule has 1 aromatic rings. The Bertz CT molecular complexity index is 439. The summed E-state index contributed by atoms with van der Waals surface area (Å²) in [7, 11) is 1.63. The Labute approximate surface area is 121 Å². The van der Waals surface area contributed by atoms with E-state index < -0.39 is 0 Å². The van der Waals surface area contributed by atoms with Crippen LogP contribution in [0.2, 0.25) is 0 Å². The van der Waals surface area contributed by atoms with Crippen LogP contribution in [0, 0.1) is 5.82 Å². The fourth-order valence-electron chi connectivity index (χ4n) is 2.25. The predicted octanol–water partition coefficient (Wildman–Crippen LogP) is 5.85. The zero-order chi connectivity index (χ0) is 14.7. The molecule has 1 nitrogen and oxygen atoms in total. The lowest BCUT2D eigenvalue weighted by atomic mass is 9.88. The van der Waals surface area contributed by atoms with E-state index in [1.54, 1.807) is 7.11 Å². The zero-order valence-electron chi connectivity index (χ0n) is 13.0. The Kier molecular flexibility index (Phi) is 5.87. The first-order valence-corrected chi connectivity index (χ1v) is 7.62. The molecule has 1 aromatic carbocycles. The minimum atomic E-state index is -0.0612. The van der Waals surface area contributed by atoms with Gasteiger partial charge in [0.2, 0.25) is 0 Å². The molecular formula is C16H25FOS. The third-order valence-corrected chi connectivity index (χ3v) is 4.08. The van der Waals surface area contributed by atoms with Gasteiger partial charge in [-0.15, -0.1) is 0 Å². The highest BCUT2D eigenvalue weighted by atomic mass is 32.2. The van der Waals surface area contributed by atoms with Gasteiger partial charge in [0.05, 0.1) is 7.11 Å². The quantitative estimate of drug-likeness (QED) is 0.627. The number of hydrogen-bond acceptors (Lipinski definition) is 2. The van der Waals surface area contributed by atoms with Crippen LogP contribution < -0.4 is 0 Å². The summed E-state index contributed by atoms with van der Waals surface area (Å²) in [6.45, 7) is 12.4. The number of halogens is 1. The summed E-state index contributed by atoms with van der Waals surface area (Å²) in [6.07, 6.45) is 0. The van der Waals surface area contributed by atoms with Crippen molar-refractivity contribution in [2.45, 2.75) is 64.2 Å². The van der Waals surface area contributed by atoms with E-state index >= 15 is 0 Å². The van der Waals surface area contributed by atoms with E-state index in [2.05, 4.69) is 13.8 Å². The SMILES string of the molecule is COSc1c(C(C)C)cc(C(C)C)c(F)c1C(C)C. The summed E-state index contributed by atoms with van der Waals surface area (Å²) in [5.74, 6) is 0.632. The maximum Gasteiger partial charge on any atom is 0.131 e. The topological polar surface area (TPSA) is 9.23 Å². The summed E-state index contributed by atoms with van der Waals surface area (Å²) >= 11 is 1.28. The van der Waals surface area contributed by atoms with Crippen molar-refractivity contribution in [3.05, 3.63) is 28.6 Å². The highest BCUT2D eigenvalue weighted by Gasteiger charge is 2.23. The van der Waals surface area contributed by atoms with E-state index in [4.69, 9.17) is 4.18 Å². The molecule has 0 fully saturated rings. The molecule has 3 heteroatoms. The molecule has 0 radical (unpaired) electrons. The lowest BCUT2D eigenvalue weighted by molar-refractivity contribution is 0.486. The lowest BCUT2D eigenvalue weighted by Crippen LogP contribution is -2.07. The van der Waals surface area contributed by atoms with Gasteiger partial charge in [-0.3, -0.25) is 0 Å². The Hall–Kier alpha value is -0.540. The fraction of sp³-hybridized carbons (Fsp3) is 0.625. The van der Waals surface area contributed by atoms with Crippen LogP contribution in [-0.2, 0) is 4.18 Å². The standard InChI is InChI=1S/C16H25FOS/c1-9(2)12-8-13(10(3)4)16(19-18-7)14(11(5)6)15(12)17/h8-11H,1-7H3. The van der Waals surface area contributed by atoms with Crippen molar-refractivity contribution < 1.29 is 8.57 Å². The van der Waals surface area contributed by atoms with Crippen LogP contribution in [0.5, 0.6) is 0 Å². The smallest absolute Gasteiger partial charge is 0.131 e. The molecule has 0 aromatic heterocycles.